The predicted molar refractivity (Wildman–Crippen MR) is 65.3 cm³/mol. The molecule has 0 bridgehead atoms. The summed E-state index contributed by atoms with van der Waals surface area (Å²) < 4.78 is 22.6. The Morgan fingerprint density at radius 1 is 1.31 bits per heavy atom. The van der Waals surface area contributed by atoms with Crippen molar-refractivity contribution in [3.05, 3.63) is 0 Å². The minimum Gasteiger partial charge on any atom is -0.341 e. The summed E-state index contributed by atoms with van der Waals surface area (Å²) in [6.07, 6.45) is 2.60. The highest BCUT2D eigenvalue weighted by molar-refractivity contribution is 9.09. The number of nitrogens with zero attached hydrogens (tertiary/aromatic N) is 1. The molecule has 0 aliphatic carbocycles. The van der Waals surface area contributed by atoms with Crippen LogP contribution in [0.25, 0.3) is 0 Å². The number of carbonyl (C=O) groups is 1. The Kier molecular flexibility index (Phi) is 3.59. The average molecular weight is 310 g/mol. The van der Waals surface area contributed by atoms with E-state index in [0.29, 0.717) is 11.2 Å². The Morgan fingerprint density at radius 3 is 2.62 bits per heavy atom. The summed E-state index contributed by atoms with van der Waals surface area (Å²) >= 11 is 3.52. The van der Waals surface area contributed by atoms with E-state index in [1.165, 1.54) is 0 Å². The van der Waals surface area contributed by atoms with Crippen molar-refractivity contribution in [2.75, 3.05) is 24.6 Å². The molecule has 0 radical (unpaired) electrons. The molecule has 0 aromatic carbocycles. The summed E-state index contributed by atoms with van der Waals surface area (Å²) in [5.74, 6) is -0.0300. The Labute approximate surface area is 104 Å². The van der Waals surface area contributed by atoms with Crippen molar-refractivity contribution in [3.8, 4) is 0 Å². The van der Waals surface area contributed by atoms with Crippen molar-refractivity contribution in [1.82, 2.24) is 4.90 Å². The molecule has 2 unspecified atom stereocenters. The van der Waals surface area contributed by atoms with E-state index in [2.05, 4.69) is 15.9 Å². The smallest absolute Gasteiger partial charge is 0.226 e. The zero-order valence-electron chi connectivity index (χ0n) is 9.06. The fourth-order valence-corrected chi connectivity index (χ4v) is 4.78. The first-order valence-corrected chi connectivity index (χ1v) is 8.35. The van der Waals surface area contributed by atoms with Crippen LogP contribution in [0.15, 0.2) is 0 Å². The molecule has 0 aromatic heterocycles. The summed E-state index contributed by atoms with van der Waals surface area (Å²) in [4.78, 5) is 14.3. The number of hydrogen-bond donors (Lipinski definition) is 0. The lowest BCUT2D eigenvalue weighted by atomic mass is 10.0. The molecule has 2 rings (SSSR count). The Bertz CT molecular complexity index is 382. The average Bonchev–Trinajstić information content (AvgIpc) is 2.58. The normalized spacial score (nSPS) is 33.9. The van der Waals surface area contributed by atoms with Crippen molar-refractivity contribution in [1.29, 1.82) is 0 Å². The van der Waals surface area contributed by atoms with Gasteiger partial charge in [-0.2, -0.15) is 0 Å². The van der Waals surface area contributed by atoms with Crippen LogP contribution in [0.2, 0.25) is 0 Å². The fourth-order valence-electron chi connectivity index (χ4n) is 2.37. The van der Waals surface area contributed by atoms with Crippen LogP contribution in [-0.4, -0.2) is 48.6 Å². The molecule has 2 aliphatic rings. The van der Waals surface area contributed by atoms with Gasteiger partial charge in [0.1, 0.15) is 0 Å². The van der Waals surface area contributed by atoms with E-state index >= 15 is 0 Å². The van der Waals surface area contributed by atoms with Crippen LogP contribution in [0, 0.1) is 5.92 Å². The van der Waals surface area contributed by atoms with Crippen molar-refractivity contribution in [3.63, 3.8) is 0 Å². The Hall–Kier alpha value is -0.100. The zero-order valence-corrected chi connectivity index (χ0v) is 11.5. The molecule has 2 aliphatic heterocycles. The van der Waals surface area contributed by atoms with Gasteiger partial charge in [-0.3, -0.25) is 4.79 Å². The van der Waals surface area contributed by atoms with Gasteiger partial charge in [0.05, 0.1) is 17.4 Å². The van der Waals surface area contributed by atoms with Crippen LogP contribution in [0.1, 0.15) is 19.3 Å². The molecule has 92 valence electrons. The fraction of sp³-hybridized carbons (Fsp3) is 0.900. The molecule has 6 heteroatoms. The van der Waals surface area contributed by atoms with Gasteiger partial charge < -0.3 is 4.90 Å². The third kappa shape index (κ3) is 2.77. The van der Waals surface area contributed by atoms with Crippen LogP contribution < -0.4 is 0 Å². The second kappa shape index (κ2) is 4.64. The molecule has 16 heavy (non-hydrogen) atoms. The summed E-state index contributed by atoms with van der Waals surface area (Å²) in [5.41, 5.74) is 0. The maximum absolute atomic E-state index is 12.1. The van der Waals surface area contributed by atoms with Gasteiger partial charge in [0, 0.05) is 17.9 Å². The number of sulfone groups is 1. The minimum absolute atomic E-state index is 0.0326. The number of alkyl halides is 1. The van der Waals surface area contributed by atoms with Gasteiger partial charge in [0.2, 0.25) is 5.91 Å². The first-order valence-electron chi connectivity index (χ1n) is 5.61. The van der Waals surface area contributed by atoms with E-state index in [-0.39, 0.29) is 23.3 Å². The predicted octanol–water partition coefficient (Wildman–Crippen LogP) is 0.807. The number of halogens is 1. The molecule has 2 saturated heterocycles. The maximum atomic E-state index is 12.1. The van der Waals surface area contributed by atoms with Crippen LogP contribution >= 0.6 is 15.9 Å². The summed E-state index contributed by atoms with van der Waals surface area (Å²) in [6.45, 7) is 1.49. The van der Waals surface area contributed by atoms with Gasteiger partial charge in [-0.05, 0) is 19.3 Å². The molecule has 4 nitrogen and oxygen atoms in total. The number of carbonyl (C=O) groups excluding carboxylic acids is 1. The van der Waals surface area contributed by atoms with Crippen molar-refractivity contribution in [2.45, 2.75) is 24.1 Å². The molecule has 0 aromatic rings. The topological polar surface area (TPSA) is 54.5 Å². The summed E-state index contributed by atoms with van der Waals surface area (Å²) in [6, 6.07) is 0. The van der Waals surface area contributed by atoms with Gasteiger partial charge in [0.25, 0.3) is 0 Å². The number of likely N-dealkylation sites (tertiary alicyclic amines) is 1. The maximum Gasteiger partial charge on any atom is 0.226 e. The standard InChI is InChI=1S/C10H16BrNO3S/c11-9-2-1-4-12(6-9)10(13)8-3-5-16(14,15)7-8/h8-9H,1-7H2. The SMILES string of the molecule is O=C(C1CCS(=O)(=O)C1)N1CCCC(Br)C1. The van der Waals surface area contributed by atoms with Gasteiger partial charge >= 0.3 is 0 Å². The highest BCUT2D eigenvalue weighted by Crippen LogP contribution is 2.24. The largest absolute Gasteiger partial charge is 0.341 e. The molecule has 0 N–H and O–H groups in total. The first kappa shape index (κ1) is 12.4. The molecule has 2 fully saturated rings. The third-order valence-corrected chi connectivity index (χ3v) is 5.77. The van der Waals surface area contributed by atoms with Crippen molar-refractivity contribution < 1.29 is 13.2 Å². The van der Waals surface area contributed by atoms with Gasteiger partial charge in [-0.15, -0.1) is 0 Å². The van der Waals surface area contributed by atoms with E-state index in [9.17, 15) is 13.2 Å². The molecule has 2 atom stereocenters. The van der Waals surface area contributed by atoms with E-state index < -0.39 is 9.84 Å². The molecule has 0 saturated carbocycles. The second-order valence-corrected chi connectivity index (χ2v) is 8.15. The lowest BCUT2D eigenvalue weighted by Crippen LogP contribution is -2.43. The number of rotatable bonds is 1. The van der Waals surface area contributed by atoms with Crippen LogP contribution in [-0.2, 0) is 14.6 Å². The quantitative estimate of drug-likeness (QED) is 0.674. The van der Waals surface area contributed by atoms with E-state index in [1.807, 2.05) is 4.90 Å². The number of amides is 1. The molecule has 0 spiro atoms. The molecular weight excluding hydrogens is 294 g/mol. The molecule has 2 heterocycles. The van der Waals surface area contributed by atoms with Crippen molar-refractivity contribution >= 4 is 31.7 Å². The highest BCUT2D eigenvalue weighted by atomic mass is 79.9. The summed E-state index contributed by atoms with van der Waals surface area (Å²) in [7, 11) is -2.95. The van der Waals surface area contributed by atoms with Crippen molar-refractivity contribution in [2.24, 2.45) is 5.92 Å². The number of piperidine rings is 1. The minimum atomic E-state index is -2.95. The Morgan fingerprint density at radius 2 is 2.06 bits per heavy atom. The molecular formula is C10H16BrNO3S. The van der Waals surface area contributed by atoms with E-state index in [1.54, 1.807) is 0 Å². The molecule has 1 amide bonds. The van der Waals surface area contributed by atoms with Crippen LogP contribution in [0.5, 0.6) is 0 Å². The van der Waals surface area contributed by atoms with Gasteiger partial charge in [-0.25, -0.2) is 8.42 Å². The van der Waals surface area contributed by atoms with Gasteiger partial charge in [0.15, 0.2) is 9.84 Å². The van der Waals surface area contributed by atoms with Crippen LogP contribution in [0.4, 0.5) is 0 Å². The summed E-state index contributed by atoms with van der Waals surface area (Å²) in [5, 5.41) is 0. The Balaban J connectivity index is 1.97. The lowest BCUT2D eigenvalue weighted by molar-refractivity contribution is -0.135. The first-order chi connectivity index (χ1) is 7.48. The van der Waals surface area contributed by atoms with Gasteiger partial charge in [-0.1, -0.05) is 15.9 Å². The monoisotopic (exact) mass is 309 g/mol. The second-order valence-electron chi connectivity index (χ2n) is 4.62. The van der Waals surface area contributed by atoms with E-state index in [4.69, 9.17) is 0 Å². The highest BCUT2D eigenvalue weighted by Gasteiger charge is 2.36. The van der Waals surface area contributed by atoms with Crippen LogP contribution in [0.3, 0.4) is 0 Å². The number of hydrogen-bond acceptors (Lipinski definition) is 3. The third-order valence-electron chi connectivity index (χ3n) is 3.26. The van der Waals surface area contributed by atoms with E-state index in [0.717, 1.165) is 25.9 Å². The zero-order chi connectivity index (χ0) is 11.8. The lowest BCUT2D eigenvalue weighted by Gasteiger charge is -2.31.